The minimum atomic E-state index is 0.104. The molecule has 4 heteroatoms. The van der Waals surface area contributed by atoms with Crippen LogP contribution in [0.3, 0.4) is 0 Å². The summed E-state index contributed by atoms with van der Waals surface area (Å²) in [4.78, 5) is 23.8. The molecule has 19 heavy (non-hydrogen) atoms. The lowest BCUT2D eigenvalue weighted by atomic mass is 10.2. The van der Waals surface area contributed by atoms with E-state index in [9.17, 15) is 9.59 Å². The molecule has 4 nitrogen and oxygen atoms in total. The summed E-state index contributed by atoms with van der Waals surface area (Å²) in [5, 5.41) is 2.80. The van der Waals surface area contributed by atoms with Crippen molar-refractivity contribution in [2.75, 3.05) is 7.05 Å². The van der Waals surface area contributed by atoms with Gasteiger partial charge in [0.2, 0.25) is 11.8 Å². The van der Waals surface area contributed by atoms with E-state index in [2.05, 4.69) is 5.32 Å². The van der Waals surface area contributed by atoms with Crippen molar-refractivity contribution >= 4 is 11.8 Å². The molecule has 0 bridgehead atoms. The van der Waals surface area contributed by atoms with Crippen LogP contribution in [0, 0.1) is 11.8 Å². The molecule has 1 N–H and O–H groups in total. The number of carbonyl (C=O) groups is 2. The zero-order valence-electron chi connectivity index (χ0n) is 14.1. The lowest BCUT2D eigenvalue weighted by Gasteiger charge is -2.23. The third kappa shape index (κ3) is 10.5. The van der Waals surface area contributed by atoms with E-state index in [-0.39, 0.29) is 29.7 Å². The van der Waals surface area contributed by atoms with Gasteiger partial charge in [0.1, 0.15) is 0 Å². The molecule has 0 aromatic rings. The van der Waals surface area contributed by atoms with Crippen LogP contribution < -0.4 is 5.32 Å². The van der Waals surface area contributed by atoms with Crippen LogP contribution >= 0.6 is 0 Å². The molecule has 0 aliphatic carbocycles. The molecular formula is C15H32N2O2. The lowest BCUT2D eigenvalue weighted by Crippen LogP contribution is -2.35. The number of carbonyl (C=O) groups excluding carboxylic acids is 2. The van der Waals surface area contributed by atoms with Crippen molar-refractivity contribution in [1.82, 2.24) is 10.2 Å². The lowest BCUT2D eigenvalue weighted by molar-refractivity contribution is -0.134. The van der Waals surface area contributed by atoms with Gasteiger partial charge in [-0.05, 0) is 27.7 Å². The fourth-order valence-electron chi connectivity index (χ4n) is 1.11. The average molecular weight is 272 g/mol. The highest BCUT2D eigenvalue weighted by Gasteiger charge is 2.14. The maximum Gasteiger partial charge on any atom is 0.225 e. The summed E-state index contributed by atoms with van der Waals surface area (Å²) in [5.74, 6) is 0.569. The maximum absolute atomic E-state index is 11.2. The summed E-state index contributed by atoms with van der Waals surface area (Å²) in [5.41, 5.74) is 0. The van der Waals surface area contributed by atoms with Crippen molar-refractivity contribution in [1.29, 1.82) is 0 Å². The summed E-state index contributed by atoms with van der Waals surface area (Å²) >= 11 is 0. The van der Waals surface area contributed by atoms with Crippen LogP contribution in [0.2, 0.25) is 0 Å². The van der Waals surface area contributed by atoms with E-state index in [0.717, 1.165) is 0 Å². The van der Waals surface area contributed by atoms with E-state index >= 15 is 0 Å². The first-order valence-electron chi connectivity index (χ1n) is 7.07. The Morgan fingerprint density at radius 1 is 0.842 bits per heavy atom. The SMILES string of the molecule is CC(C)C(=O)N(C)C(C)C.CC(C)NC(=O)C(C)C. The first kappa shape index (κ1) is 20.3. The Kier molecular flexibility index (Phi) is 10.5. The molecule has 0 aliphatic rings. The Morgan fingerprint density at radius 2 is 1.26 bits per heavy atom. The summed E-state index contributed by atoms with van der Waals surface area (Å²) in [7, 11) is 1.84. The predicted molar refractivity (Wildman–Crippen MR) is 80.9 cm³/mol. The number of nitrogens with zero attached hydrogens (tertiary/aromatic N) is 1. The van der Waals surface area contributed by atoms with E-state index in [1.165, 1.54) is 0 Å². The molecule has 0 radical (unpaired) electrons. The molecule has 0 fully saturated rings. The van der Waals surface area contributed by atoms with Crippen LogP contribution in [0.15, 0.2) is 0 Å². The standard InChI is InChI=1S/C8H17NO.C7H15NO/c1-6(2)8(10)9(5)7(3)4;1-5(2)7(9)8-6(3)4/h6-7H,1-5H3;5-6H,1-4H3,(H,8,9). The van der Waals surface area contributed by atoms with Crippen molar-refractivity contribution in [3.63, 3.8) is 0 Å². The smallest absolute Gasteiger partial charge is 0.225 e. The van der Waals surface area contributed by atoms with E-state index in [0.29, 0.717) is 6.04 Å². The fourth-order valence-corrected chi connectivity index (χ4v) is 1.11. The zero-order valence-corrected chi connectivity index (χ0v) is 14.1. The van der Waals surface area contributed by atoms with Crippen molar-refractivity contribution in [3.05, 3.63) is 0 Å². The van der Waals surface area contributed by atoms with Crippen LogP contribution in [-0.2, 0) is 9.59 Å². The van der Waals surface area contributed by atoms with Crippen LogP contribution in [-0.4, -0.2) is 35.8 Å². The highest BCUT2D eigenvalue weighted by molar-refractivity contribution is 5.78. The molecule has 0 heterocycles. The molecule has 0 aromatic heterocycles. The summed E-state index contributed by atoms with van der Waals surface area (Å²) in [6.45, 7) is 15.6. The fraction of sp³-hybridized carbons (Fsp3) is 0.867. The van der Waals surface area contributed by atoms with Gasteiger partial charge in [0.15, 0.2) is 0 Å². The van der Waals surface area contributed by atoms with Gasteiger partial charge in [-0.25, -0.2) is 0 Å². The Hall–Kier alpha value is -1.06. The van der Waals surface area contributed by atoms with Gasteiger partial charge >= 0.3 is 0 Å². The molecule has 0 rings (SSSR count). The van der Waals surface area contributed by atoms with Gasteiger partial charge in [-0.3, -0.25) is 9.59 Å². The minimum absolute atomic E-state index is 0.104. The van der Waals surface area contributed by atoms with Gasteiger partial charge in [0.25, 0.3) is 0 Å². The molecule has 2 amide bonds. The molecule has 0 aromatic carbocycles. The molecular weight excluding hydrogens is 240 g/mol. The van der Waals surface area contributed by atoms with Crippen LogP contribution in [0.5, 0.6) is 0 Å². The van der Waals surface area contributed by atoms with Crippen LogP contribution in [0.25, 0.3) is 0 Å². The molecule has 0 saturated heterocycles. The monoisotopic (exact) mass is 272 g/mol. The number of rotatable bonds is 4. The maximum atomic E-state index is 11.2. The largest absolute Gasteiger partial charge is 0.354 e. The van der Waals surface area contributed by atoms with Gasteiger partial charge in [0, 0.05) is 31.0 Å². The quantitative estimate of drug-likeness (QED) is 0.855. The average Bonchev–Trinajstić information content (AvgIpc) is 2.26. The van der Waals surface area contributed by atoms with Gasteiger partial charge in [-0.15, -0.1) is 0 Å². The van der Waals surface area contributed by atoms with E-state index in [4.69, 9.17) is 0 Å². The minimum Gasteiger partial charge on any atom is -0.354 e. The van der Waals surface area contributed by atoms with Crippen LogP contribution in [0.1, 0.15) is 55.4 Å². The number of hydrogen-bond acceptors (Lipinski definition) is 2. The van der Waals surface area contributed by atoms with Crippen molar-refractivity contribution < 1.29 is 9.59 Å². The second kappa shape index (κ2) is 9.82. The summed E-state index contributed by atoms with van der Waals surface area (Å²) in [6, 6.07) is 0.579. The molecule has 0 aliphatic heterocycles. The topological polar surface area (TPSA) is 49.4 Å². The van der Waals surface area contributed by atoms with E-state index < -0.39 is 0 Å². The van der Waals surface area contributed by atoms with Gasteiger partial charge in [0.05, 0.1) is 0 Å². The first-order chi connectivity index (χ1) is 8.50. The Balaban J connectivity index is 0. The Morgan fingerprint density at radius 3 is 1.37 bits per heavy atom. The molecule has 114 valence electrons. The number of nitrogens with one attached hydrogen (secondary N) is 1. The van der Waals surface area contributed by atoms with Crippen molar-refractivity contribution in [2.45, 2.75) is 67.5 Å². The third-order valence-electron chi connectivity index (χ3n) is 2.57. The molecule has 0 spiro atoms. The van der Waals surface area contributed by atoms with E-state index in [1.807, 2.05) is 62.4 Å². The highest BCUT2D eigenvalue weighted by atomic mass is 16.2. The van der Waals surface area contributed by atoms with Crippen molar-refractivity contribution in [3.8, 4) is 0 Å². The predicted octanol–water partition coefficient (Wildman–Crippen LogP) is 2.68. The van der Waals surface area contributed by atoms with Gasteiger partial charge in [-0.1, -0.05) is 27.7 Å². The van der Waals surface area contributed by atoms with Gasteiger partial charge in [-0.2, -0.15) is 0 Å². The van der Waals surface area contributed by atoms with Crippen LogP contribution in [0.4, 0.5) is 0 Å². The third-order valence-corrected chi connectivity index (χ3v) is 2.57. The second-order valence-electron chi connectivity index (χ2n) is 6.02. The first-order valence-corrected chi connectivity index (χ1v) is 7.07. The normalized spacial score (nSPS) is 10.6. The zero-order chi connectivity index (χ0) is 15.7. The van der Waals surface area contributed by atoms with E-state index in [1.54, 1.807) is 4.90 Å². The Labute approximate surface area is 118 Å². The number of hydrogen-bond donors (Lipinski definition) is 1. The number of amides is 2. The molecule has 0 atom stereocenters. The Bertz CT molecular complexity index is 271. The highest BCUT2D eigenvalue weighted by Crippen LogP contribution is 2.02. The van der Waals surface area contributed by atoms with Gasteiger partial charge < -0.3 is 10.2 Å². The molecule has 0 unspecified atom stereocenters. The molecule has 0 saturated carbocycles. The second-order valence-corrected chi connectivity index (χ2v) is 6.02. The summed E-state index contributed by atoms with van der Waals surface area (Å²) < 4.78 is 0. The summed E-state index contributed by atoms with van der Waals surface area (Å²) in [6.07, 6.45) is 0. The van der Waals surface area contributed by atoms with Crippen molar-refractivity contribution in [2.24, 2.45) is 11.8 Å².